The molecule has 2 aliphatic rings. The van der Waals surface area contributed by atoms with Crippen molar-refractivity contribution in [1.29, 1.82) is 5.26 Å². The number of hydrogen-bond acceptors (Lipinski definition) is 8. The van der Waals surface area contributed by atoms with Gasteiger partial charge in [-0.05, 0) is 55.1 Å². The molecule has 0 saturated carbocycles. The molecule has 1 fully saturated rings. The van der Waals surface area contributed by atoms with Crippen molar-refractivity contribution in [2.45, 2.75) is 18.4 Å². The van der Waals surface area contributed by atoms with Crippen LogP contribution in [0.2, 0.25) is 0 Å². The molecule has 0 spiro atoms. The van der Waals surface area contributed by atoms with E-state index in [-0.39, 0.29) is 5.91 Å². The lowest BCUT2D eigenvalue weighted by atomic mass is 10.2. The number of rotatable bonds is 6. The van der Waals surface area contributed by atoms with Gasteiger partial charge in [0.25, 0.3) is 5.91 Å². The first kappa shape index (κ1) is 24.8. The van der Waals surface area contributed by atoms with Gasteiger partial charge in [0.1, 0.15) is 10.7 Å². The van der Waals surface area contributed by atoms with Crippen molar-refractivity contribution in [3.8, 4) is 11.8 Å². The average Bonchev–Trinajstić information content (AvgIpc) is 3.41. The van der Waals surface area contributed by atoms with Gasteiger partial charge < -0.3 is 15.0 Å². The van der Waals surface area contributed by atoms with Gasteiger partial charge in [0.05, 0.1) is 47.4 Å². The fraction of sp³-hybridized carbons (Fsp3) is 0.179. The summed E-state index contributed by atoms with van der Waals surface area (Å²) >= 11 is 2.95. The van der Waals surface area contributed by atoms with Crippen LogP contribution in [-0.4, -0.2) is 36.7 Å². The number of para-hydroxylation sites is 2. The smallest absolute Gasteiger partial charge is 0.269 e. The van der Waals surface area contributed by atoms with Gasteiger partial charge >= 0.3 is 0 Å². The normalized spacial score (nSPS) is 17.8. The summed E-state index contributed by atoms with van der Waals surface area (Å²) in [6, 6.07) is 23.3. The standard InChI is InChI=1S/C28H25N5O2S2/c1-4-30-20-14-13-18(16-29)15-21(20)31-28-33(17-19-9-5-7-11-23(19)35-3)26(34)25(37-28)27-32(2)22-10-6-8-12-24(22)36-27/h5-15,30H,4,17H2,1-3H3/b27-25-,31-28?. The minimum absolute atomic E-state index is 0.113. The molecule has 3 aromatic rings. The number of anilines is 2. The lowest BCUT2D eigenvalue weighted by Crippen LogP contribution is -2.29. The van der Waals surface area contributed by atoms with Gasteiger partial charge in [0, 0.05) is 24.1 Å². The third kappa shape index (κ3) is 4.78. The van der Waals surface area contributed by atoms with E-state index in [1.165, 1.54) is 11.8 Å². The van der Waals surface area contributed by atoms with Crippen LogP contribution >= 0.6 is 23.5 Å². The Hall–Kier alpha value is -3.87. The van der Waals surface area contributed by atoms with Crippen LogP contribution in [0.1, 0.15) is 18.1 Å². The minimum Gasteiger partial charge on any atom is -0.496 e. The number of nitrogens with zero attached hydrogens (tertiary/aromatic N) is 4. The van der Waals surface area contributed by atoms with Crippen LogP contribution < -0.4 is 15.0 Å². The second-order valence-corrected chi connectivity index (χ2v) is 10.3. The van der Waals surface area contributed by atoms with Gasteiger partial charge in [0.2, 0.25) is 0 Å². The summed E-state index contributed by atoms with van der Waals surface area (Å²) in [6.07, 6.45) is 0. The zero-order chi connectivity index (χ0) is 25.9. The first-order chi connectivity index (χ1) is 18.0. The summed E-state index contributed by atoms with van der Waals surface area (Å²) in [5.74, 6) is 0.596. The number of amides is 1. The van der Waals surface area contributed by atoms with E-state index in [1.54, 1.807) is 35.9 Å². The molecule has 0 aromatic heterocycles. The first-order valence-electron chi connectivity index (χ1n) is 11.8. The van der Waals surface area contributed by atoms with Crippen molar-refractivity contribution < 1.29 is 9.53 Å². The zero-order valence-electron chi connectivity index (χ0n) is 20.7. The number of thioether (sulfide) groups is 2. The van der Waals surface area contributed by atoms with Crippen LogP contribution in [0.3, 0.4) is 0 Å². The van der Waals surface area contributed by atoms with E-state index in [2.05, 4.69) is 28.4 Å². The van der Waals surface area contributed by atoms with E-state index in [0.29, 0.717) is 40.2 Å². The third-order valence-corrected chi connectivity index (χ3v) is 8.46. The van der Waals surface area contributed by atoms with E-state index < -0.39 is 0 Å². The van der Waals surface area contributed by atoms with E-state index in [1.807, 2.05) is 56.4 Å². The van der Waals surface area contributed by atoms with E-state index >= 15 is 0 Å². The highest BCUT2D eigenvalue weighted by atomic mass is 32.2. The van der Waals surface area contributed by atoms with Crippen molar-refractivity contribution in [3.63, 3.8) is 0 Å². The Morgan fingerprint density at radius 2 is 1.86 bits per heavy atom. The fourth-order valence-corrected chi connectivity index (χ4v) is 6.53. The molecule has 0 aliphatic carbocycles. The predicted octanol–water partition coefficient (Wildman–Crippen LogP) is 6.17. The minimum atomic E-state index is -0.113. The van der Waals surface area contributed by atoms with Crippen molar-refractivity contribution in [3.05, 3.63) is 87.8 Å². The largest absolute Gasteiger partial charge is 0.496 e. The van der Waals surface area contributed by atoms with Gasteiger partial charge in [-0.2, -0.15) is 5.26 Å². The van der Waals surface area contributed by atoms with E-state index in [9.17, 15) is 10.1 Å². The molecule has 1 saturated heterocycles. The van der Waals surface area contributed by atoms with Crippen LogP contribution in [-0.2, 0) is 11.3 Å². The number of carbonyl (C=O) groups is 1. The highest BCUT2D eigenvalue weighted by molar-refractivity contribution is 8.19. The Morgan fingerprint density at radius 1 is 1.08 bits per heavy atom. The van der Waals surface area contributed by atoms with Gasteiger partial charge in [-0.25, -0.2) is 4.99 Å². The second kappa shape index (κ2) is 10.6. The molecular formula is C28H25N5O2S2. The summed E-state index contributed by atoms with van der Waals surface area (Å²) in [6.45, 7) is 3.02. The highest BCUT2D eigenvalue weighted by Gasteiger charge is 2.39. The van der Waals surface area contributed by atoms with Gasteiger partial charge in [-0.1, -0.05) is 42.1 Å². The lowest BCUT2D eigenvalue weighted by Gasteiger charge is -2.18. The molecule has 186 valence electrons. The van der Waals surface area contributed by atoms with Crippen LogP contribution in [0.25, 0.3) is 0 Å². The Balaban J connectivity index is 1.61. The van der Waals surface area contributed by atoms with Crippen LogP contribution in [0.15, 0.2) is 86.6 Å². The Morgan fingerprint density at radius 3 is 2.62 bits per heavy atom. The monoisotopic (exact) mass is 527 g/mol. The molecule has 37 heavy (non-hydrogen) atoms. The number of nitrogens with one attached hydrogen (secondary N) is 1. The summed E-state index contributed by atoms with van der Waals surface area (Å²) < 4.78 is 5.56. The summed E-state index contributed by atoms with van der Waals surface area (Å²) in [5.41, 5.74) is 3.88. The summed E-state index contributed by atoms with van der Waals surface area (Å²) in [5, 5.41) is 14.2. The molecule has 9 heteroatoms. The first-order valence-corrected chi connectivity index (χ1v) is 13.4. The molecule has 0 unspecified atom stereocenters. The maximum absolute atomic E-state index is 13.9. The number of nitriles is 1. The quantitative estimate of drug-likeness (QED) is 0.384. The number of methoxy groups -OCH3 is 1. The number of aliphatic imine (C=N–C) groups is 1. The van der Waals surface area contributed by atoms with Gasteiger partial charge in [0.15, 0.2) is 5.17 Å². The summed E-state index contributed by atoms with van der Waals surface area (Å²) in [4.78, 5) is 24.4. The summed E-state index contributed by atoms with van der Waals surface area (Å²) in [7, 11) is 3.60. The maximum atomic E-state index is 13.9. The Bertz CT molecular complexity index is 1480. The second-order valence-electron chi connectivity index (χ2n) is 8.34. The molecule has 2 heterocycles. The third-order valence-electron chi connectivity index (χ3n) is 6.03. The Kier molecular flexibility index (Phi) is 7.12. The molecule has 0 atom stereocenters. The van der Waals surface area contributed by atoms with Crippen LogP contribution in [0.5, 0.6) is 5.75 Å². The molecule has 5 rings (SSSR count). The molecule has 2 aliphatic heterocycles. The van der Waals surface area contributed by atoms with E-state index in [0.717, 1.165) is 26.9 Å². The highest BCUT2D eigenvalue weighted by Crippen LogP contribution is 2.50. The zero-order valence-corrected chi connectivity index (χ0v) is 22.3. The number of hydrogen-bond donors (Lipinski definition) is 1. The van der Waals surface area contributed by atoms with Crippen molar-refractivity contribution in [2.24, 2.45) is 4.99 Å². The number of carbonyl (C=O) groups excluding carboxylic acids is 1. The lowest BCUT2D eigenvalue weighted by molar-refractivity contribution is -0.122. The van der Waals surface area contributed by atoms with E-state index in [4.69, 9.17) is 9.73 Å². The number of ether oxygens (including phenoxy) is 1. The predicted molar refractivity (Wildman–Crippen MR) is 151 cm³/mol. The van der Waals surface area contributed by atoms with Crippen molar-refractivity contribution in [1.82, 2.24) is 4.90 Å². The van der Waals surface area contributed by atoms with Crippen molar-refractivity contribution >= 4 is 51.7 Å². The Labute approximate surface area is 224 Å². The molecule has 0 bridgehead atoms. The molecular weight excluding hydrogens is 502 g/mol. The van der Waals surface area contributed by atoms with Crippen LogP contribution in [0.4, 0.5) is 17.1 Å². The van der Waals surface area contributed by atoms with Crippen LogP contribution in [0, 0.1) is 11.3 Å². The molecule has 7 nitrogen and oxygen atoms in total. The number of benzene rings is 3. The molecule has 3 aromatic carbocycles. The molecule has 0 radical (unpaired) electrons. The van der Waals surface area contributed by atoms with Gasteiger partial charge in [-0.15, -0.1) is 0 Å². The maximum Gasteiger partial charge on any atom is 0.269 e. The SMILES string of the molecule is CCNc1ccc(C#N)cc1N=C1S/C(=C2\Sc3ccccc3N2C)C(=O)N1Cc1ccccc1OC. The molecule has 1 amide bonds. The average molecular weight is 528 g/mol. The van der Waals surface area contributed by atoms with Gasteiger partial charge in [-0.3, -0.25) is 9.69 Å². The fourth-order valence-electron chi connectivity index (χ4n) is 4.20. The topological polar surface area (TPSA) is 81.0 Å². The number of amidine groups is 1. The number of fused-ring (bicyclic) bond motifs is 1. The van der Waals surface area contributed by atoms with Crippen molar-refractivity contribution in [2.75, 3.05) is 30.9 Å². The molecule has 1 N–H and O–H groups in total.